The summed E-state index contributed by atoms with van der Waals surface area (Å²) in [5, 5.41) is 19.5. The summed E-state index contributed by atoms with van der Waals surface area (Å²) in [6.45, 7) is 3.02. The van der Waals surface area contributed by atoms with Gasteiger partial charge in [-0.3, -0.25) is 14.4 Å². The average molecular weight is 360 g/mol. The van der Waals surface area contributed by atoms with E-state index in [4.69, 9.17) is 10.2 Å². The van der Waals surface area contributed by atoms with Crippen LogP contribution in [0, 0.1) is 0 Å². The first kappa shape index (κ1) is 19.1. The Bertz CT molecular complexity index is 487. The number of carboxylic acid groups (broad SMARTS) is 2. The van der Waals surface area contributed by atoms with Crippen molar-refractivity contribution in [2.24, 2.45) is 0 Å². The van der Waals surface area contributed by atoms with E-state index >= 15 is 0 Å². The first-order chi connectivity index (χ1) is 9.81. The summed E-state index contributed by atoms with van der Waals surface area (Å²) >= 11 is 3.30. The van der Waals surface area contributed by atoms with Crippen molar-refractivity contribution < 1.29 is 24.6 Å². The number of carbonyl (C=O) groups excluding carboxylic acids is 1. The molecule has 1 aromatic carbocycles. The summed E-state index contributed by atoms with van der Waals surface area (Å²) in [7, 11) is 0. The molecule has 0 saturated heterocycles. The van der Waals surface area contributed by atoms with Crippen LogP contribution in [0.5, 0.6) is 0 Å². The Hall–Kier alpha value is -1.89. The van der Waals surface area contributed by atoms with Gasteiger partial charge in [-0.05, 0) is 24.6 Å². The van der Waals surface area contributed by atoms with E-state index in [-0.39, 0.29) is 12.3 Å². The van der Waals surface area contributed by atoms with Crippen LogP contribution in [0.15, 0.2) is 24.3 Å². The van der Waals surface area contributed by atoms with Gasteiger partial charge in [-0.2, -0.15) is 0 Å². The number of alkyl halides is 1. The number of benzene rings is 1. The second-order valence-electron chi connectivity index (χ2n) is 4.11. The van der Waals surface area contributed by atoms with Gasteiger partial charge >= 0.3 is 11.9 Å². The van der Waals surface area contributed by atoms with Crippen LogP contribution < -0.4 is 5.32 Å². The number of hydrogen-bond donors (Lipinski definition) is 3. The molecule has 1 aromatic rings. The maximum Gasteiger partial charge on any atom is 0.325 e. The Kier molecular flexibility index (Phi) is 9.03. The van der Waals surface area contributed by atoms with Crippen LogP contribution >= 0.6 is 15.9 Å². The van der Waals surface area contributed by atoms with Crippen molar-refractivity contribution in [1.29, 1.82) is 0 Å². The second kappa shape index (κ2) is 9.93. The number of aliphatic carboxylic acids is 2. The van der Waals surface area contributed by atoms with E-state index in [2.05, 4.69) is 21.2 Å². The van der Waals surface area contributed by atoms with Crippen molar-refractivity contribution in [3.8, 4) is 0 Å². The van der Waals surface area contributed by atoms with Gasteiger partial charge in [0, 0.05) is 17.3 Å². The van der Waals surface area contributed by atoms with Crippen molar-refractivity contribution in [1.82, 2.24) is 5.32 Å². The lowest BCUT2D eigenvalue weighted by atomic mass is 10.1. The molecule has 0 aliphatic carbocycles. The number of nitrogens with one attached hydrogen (secondary N) is 1. The molecule has 0 unspecified atom stereocenters. The number of halogens is 1. The molecular formula is C14H18BrNO5. The number of hydrogen-bond acceptors (Lipinski definition) is 3. The third-order valence-corrected chi connectivity index (χ3v) is 3.04. The maximum atomic E-state index is 11.6. The fourth-order valence-electron chi connectivity index (χ4n) is 1.09. The van der Waals surface area contributed by atoms with Gasteiger partial charge in [0.2, 0.25) is 0 Å². The number of rotatable bonds is 5. The topological polar surface area (TPSA) is 104 Å². The second-order valence-corrected chi connectivity index (χ2v) is 4.67. The number of carboxylic acids is 2. The smallest absolute Gasteiger partial charge is 0.325 e. The van der Waals surface area contributed by atoms with Crippen molar-refractivity contribution in [3.63, 3.8) is 0 Å². The zero-order chi connectivity index (χ0) is 16.4. The first-order valence-electron chi connectivity index (χ1n) is 6.22. The van der Waals surface area contributed by atoms with Crippen LogP contribution in [0.2, 0.25) is 0 Å². The number of carbonyl (C=O) groups is 3. The van der Waals surface area contributed by atoms with E-state index in [1.807, 2.05) is 12.1 Å². The predicted molar refractivity (Wildman–Crippen MR) is 81.6 cm³/mol. The molecule has 21 heavy (non-hydrogen) atoms. The molecule has 7 heteroatoms. The summed E-state index contributed by atoms with van der Waals surface area (Å²) in [5.41, 5.74) is 1.51. The fourth-order valence-corrected chi connectivity index (χ4v) is 1.46. The van der Waals surface area contributed by atoms with Crippen LogP contribution in [0.3, 0.4) is 0 Å². The van der Waals surface area contributed by atoms with E-state index in [0.29, 0.717) is 5.56 Å². The molecule has 0 bridgehead atoms. The molecule has 6 nitrogen and oxygen atoms in total. The molecule has 0 aliphatic rings. The molecule has 1 amide bonds. The normalized spacial score (nSPS) is 10.8. The van der Waals surface area contributed by atoms with Crippen molar-refractivity contribution in [2.75, 3.05) is 0 Å². The third-order valence-electron chi connectivity index (χ3n) is 2.39. The van der Waals surface area contributed by atoms with Gasteiger partial charge in [-0.1, -0.05) is 35.0 Å². The highest BCUT2D eigenvalue weighted by atomic mass is 79.9. The Balaban J connectivity index is 0.000000690. The lowest BCUT2D eigenvalue weighted by Gasteiger charge is -2.09. The lowest BCUT2D eigenvalue weighted by Crippen LogP contribution is -2.38. The SMILES string of the molecule is CCC(=O)O.C[C@H](NC(=O)c1ccc(CBr)cc1)C(=O)O. The largest absolute Gasteiger partial charge is 0.481 e. The van der Waals surface area contributed by atoms with E-state index in [9.17, 15) is 14.4 Å². The van der Waals surface area contributed by atoms with Gasteiger partial charge in [-0.15, -0.1) is 0 Å². The van der Waals surface area contributed by atoms with Crippen LogP contribution in [0.4, 0.5) is 0 Å². The van der Waals surface area contributed by atoms with Crippen molar-refractivity contribution in [3.05, 3.63) is 35.4 Å². The molecule has 0 spiro atoms. The molecule has 0 radical (unpaired) electrons. The zero-order valence-corrected chi connectivity index (χ0v) is 13.4. The average Bonchev–Trinajstić information content (AvgIpc) is 2.47. The highest BCUT2D eigenvalue weighted by Crippen LogP contribution is 2.08. The van der Waals surface area contributed by atoms with Crippen LogP contribution in [-0.4, -0.2) is 34.1 Å². The standard InChI is InChI=1S/C11H12BrNO3.C3H6O2/c1-7(11(15)16)13-10(14)9-4-2-8(6-12)3-5-9;1-2-3(4)5/h2-5,7H,6H2,1H3,(H,13,14)(H,15,16);2H2,1H3,(H,4,5)/t7-;/m0./s1. The van der Waals surface area contributed by atoms with Gasteiger partial charge in [0.15, 0.2) is 0 Å². The van der Waals surface area contributed by atoms with Gasteiger partial charge in [0.1, 0.15) is 6.04 Å². The lowest BCUT2D eigenvalue weighted by molar-refractivity contribution is -0.139. The van der Waals surface area contributed by atoms with Gasteiger partial charge in [-0.25, -0.2) is 0 Å². The summed E-state index contributed by atoms with van der Waals surface area (Å²) < 4.78 is 0. The number of amides is 1. The monoisotopic (exact) mass is 359 g/mol. The molecule has 3 N–H and O–H groups in total. The Morgan fingerprint density at radius 2 is 1.67 bits per heavy atom. The van der Waals surface area contributed by atoms with E-state index in [1.54, 1.807) is 19.1 Å². The quantitative estimate of drug-likeness (QED) is 0.699. The summed E-state index contributed by atoms with van der Waals surface area (Å²) in [6, 6.07) is 6.08. The van der Waals surface area contributed by atoms with E-state index in [1.165, 1.54) is 6.92 Å². The Morgan fingerprint density at radius 3 is 2.00 bits per heavy atom. The maximum absolute atomic E-state index is 11.6. The first-order valence-corrected chi connectivity index (χ1v) is 7.34. The zero-order valence-electron chi connectivity index (χ0n) is 11.8. The highest BCUT2D eigenvalue weighted by molar-refractivity contribution is 9.08. The molecule has 1 atom stereocenters. The minimum Gasteiger partial charge on any atom is -0.481 e. The molecule has 1 rings (SSSR count). The summed E-state index contributed by atoms with van der Waals surface area (Å²) in [6.07, 6.45) is 0.222. The highest BCUT2D eigenvalue weighted by Gasteiger charge is 2.14. The van der Waals surface area contributed by atoms with Crippen molar-refractivity contribution >= 4 is 33.8 Å². The van der Waals surface area contributed by atoms with E-state index in [0.717, 1.165) is 10.9 Å². The van der Waals surface area contributed by atoms with E-state index < -0.39 is 18.0 Å². The molecular weight excluding hydrogens is 342 g/mol. The third kappa shape index (κ3) is 8.09. The van der Waals surface area contributed by atoms with Crippen LogP contribution in [-0.2, 0) is 14.9 Å². The molecule has 0 saturated carbocycles. The van der Waals surface area contributed by atoms with Gasteiger partial charge < -0.3 is 15.5 Å². The Morgan fingerprint density at radius 1 is 1.19 bits per heavy atom. The molecule has 0 aromatic heterocycles. The fraction of sp³-hybridized carbons (Fsp3) is 0.357. The van der Waals surface area contributed by atoms with Gasteiger partial charge in [0.05, 0.1) is 0 Å². The minimum atomic E-state index is -1.05. The Labute approximate surface area is 131 Å². The molecule has 0 heterocycles. The van der Waals surface area contributed by atoms with Crippen LogP contribution in [0.25, 0.3) is 0 Å². The summed E-state index contributed by atoms with van der Waals surface area (Å²) in [4.78, 5) is 31.5. The van der Waals surface area contributed by atoms with Crippen molar-refractivity contribution in [2.45, 2.75) is 31.6 Å². The molecule has 0 fully saturated rings. The minimum absolute atomic E-state index is 0.222. The molecule has 116 valence electrons. The molecule has 0 aliphatic heterocycles. The predicted octanol–water partition coefficient (Wildman–Crippen LogP) is 2.27. The van der Waals surface area contributed by atoms with Gasteiger partial charge in [0.25, 0.3) is 5.91 Å². The summed E-state index contributed by atoms with van der Waals surface area (Å²) in [5.74, 6) is -2.17. The van der Waals surface area contributed by atoms with Crippen LogP contribution in [0.1, 0.15) is 36.2 Å².